The Morgan fingerprint density at radius 2 is 1.85 bits per heavy atom. The predicted molar refractivity (Wildman–Crippen MR) is 77.0 cm³/mol. The van der Waals surface area contributed by atoms with Gasteiger partial charge in [-0.15, -0.1) is 0 Å². The molecule has 0 unspecified atom stereocenters. The van der Waals surface area contributed by atoms with Gasteiger partial charge in [-0.1, -0.05) is 12.1 Å². The minimum atomic E-state index is -0.465. The first-order valence-corrected chi connectivity index (χ1v) is 5.91. The van der Waals surface area contributed by atoms with Crippen molar-refractivity contribution in [2.45, 2.75) is 6.92 Å². The number of hydrazone groups is 1. The normalized spacial score (nSPS) is 11.2. The first-order valence-electron chi connectivity index (χ1n) is 5.91. The summed E-state index contributed by atoms with van der Waals surface area (Å²) in [5, 5.41) is 24.2. The van der Waals surface area contributed by atoms with Crippen molar-refractivity contribution < 1.29 is 10.0 Å². The van der Waals surface area contributed by atoms with Crippen LogP contribution in [0.5, 0.6) is 5.75 Å². The van der Waals surface area contributed by atoms with E-state index < -0.39 is 4.92 Å². The third kappa shape index (κ3) is 3.11. The molecule has 0 saturated carbocycles. The SMILES string of the molecule is CC(=NNc1ccccc1[N+](=O)[O-])c1ccc(O)cc1. The Morgan fingerprint density at radius 1 is 1.20 bits per heavy atom. The molecule has 6 nitrogen and oxygen atoms in total. The Labute approximate surface area is 115 Å². The van der Waals surface area contributed by atoms with Crippen LogP contribution in [-0.2, 0) is 0 Å². The number of nitrogens with one attached hydrogen (secondary N) is 1. The average Bonchev–Trinajstić information content (AvgIpc) is 2.45. The molecule has 0 bridgehead atoms. The number of nitrogens with zero attached hydrogens (tertiary/aromatic N) is 2. The Kier molecular flexibility index (Phi) is 3.95. The fraction of sp³-hybridized carbons (Fsp3) is 0.0714. The quantitative estimate of drug-likeness (QED) is 0.508. The highest BCUT2D eigenvalue weighted by Crippen LogP contribution is 2.23. The van der Waals surface area contributed by atoms with E-state index >= 15 is 0 Å². The van der Waals surface area contributed by atoms with Crippen molar-refractivity contribution >= 4 is 17.1 Å². The molecule has 0 aliphatic carbocycles. The molecule has 102 valence electrons. The minimum Gasteiger partial charge on any atom is -0.508 e. The highest BCUT2D eigenvalue weighted by Gasteiger charge is 2.11. The number of hydrogen-bond donors (Lipinski definition) is 2. The van der Waals surface area contributed by atoms with Gasteiger partial charge in [0.05, 0.1) is 10.6 Å². The summed E-state index contributed by atoms with van der Waals surface area (Å²) in [5.41, 5.74) is 4.46. The zero-order chi connectivity index (χ0) is 14.5. The average molecular weight is 271 g/mol. The van der Waals surface area contributed by atoms with E-state index in [-0.39, 0.29) is 11.4 Å². The summed E-state index contributed by atoms with van der Waals surface area (Å²) < 4.78 is 0. The van der Waals surface area contributed by atoms with Gasteiger partial charge in [0.25, 0.3) is 5.69 Å². The lowest BCUT2D eigenvalue weighted by Gasteiger charge is -2.04. The van der Waals surface area contributed by atoms with E-state index in [0.717, 1.165) is 5.56 Å². The van der Waals surface area contributed by atoms with Crippen molar-refractivity contribution in [3.63, 3.8) is 0 Å². The molecule has 0 aliphatic rings. The van der Waals surface area contributed by atoms with Crippen LogP contribution < -0.4 is 5.43 Å². The number of aromatic hydroxyl groups is 1. The molecule has 20 heavy (non-hydrogen) atoms. The van der Waals surface area contributed by atoms with E-state index in [4.69, 9.17) is 0 Å². The second-order valence-corrected chi connectivity index (χ2v) is 4.13. The lowest BCUT2D eigenvalue weighted by atomic mass is 10.1. The molecule has 0 aromatic heterocycles. The smallest absolute Gasteiger partial charge is 0.294 e. The van der Waals surface area contributed by atoms with Gasteiger partial charge < -0.3 is 5.11 Å². The maximum Gasteiger partial charge on any atom is 0.294 e. The van der Waals surface area contributed by atoms with Crippen molar-refractivity contribution in [2.75, 3.05) is 5.43 Å². The van der Waals surface area contributed by atoms with Crippen LogP contribution in [0.15, 0.2) is 53.6 Å². The monoisotopic (exact) mass is 271 g/mol. The molecule has 2 aromatic rings. The van der Waals surface area contributed by atoms with E-state index in [1.54, 1.807) is 49.4 Å². The van der Waals surface area contributed by atoms with Gasteiger partial charge in [-0.05, 0) is 42.8 Å². The number of phenolic OH excluding ortho intramolecular Hbond substituents is 1. The van der Waals surface area contributed by atoms with Crippen LogP contribution in [0, 0.1) is 10.1 Å². The number of benzene rings is 2. The maximum atomic E-state index is 10.9. The number of nitro groups is 1. The van der Waals surface area contributed by atoms with Gasteiger partial charge in [-0.2, -0.15) is 5.10 Å². The fourth-order valence-electron chi connectivity index (χ4n) is 1.64. The summed E-state index contributed by atoms with van der Waals surface area (Å²) in [4.78, 5) is 10.4. The van der Waals surface area contributed by atoms with Crippen LogP contribution in [0.4, 0.5) is 11.4 Å². The lowest BCUT2D eigenvalue weighted by Crippen LogP contribution is -2.01. The first-order chi connectivity index (χ1) is 9.58. The maximum absolute atomic E-state index is 10.9. The second-order valence-electron chi connectivity index (χ2n) is 4.13. The third-order valence-corrected chi connectivity index (χ3v) is 2.73. The summed E-state index contributed by atoms with van der Waals surface area (Å²) in [7, 11) is 0. The zero-order valence-corrected chi connectivity index (χ0v) is 10.8. The number of rotatable bonds is 4. The predicted octanol–water partition coefficient (Wildman–Crippen LogP) is 3.14. The molecule has 0 fully saturated rings. The molecule has 0 atom stereocenters. The molecule has 2 aromatic carbocycles. The van der Waals surface area contributed by atoms with E-state index in [9.17, 15) is 15.2 Å². The molecule has 0 spiro atoms. The van der Waals surface area contributed by atoms with Crippen LogP contribution in [0.2, 0.25) is 0 Å². The molecule has 0 radical (unpaired) electrons. The molecule has 0 amide bonds. The molecule has 0 saturated heterocycles. The number of nitro benzene ring substituents is 1. The van der Waals surface area contributed by atoms with E-state index in [1.165, 1.54) is 6.07 Å². The minimum absolute atomic E-state index is 0.0326. The molecule has 2 N–H and O–H groups in total. The molecule has 2 rings (SSSR count). The van der Waals surface area contributed by atoms with Crippen molar-refractivity contribution in [1.82, 2.24) is 0 Å². The van der Waals surface area contributed by atoms with Crippen molar-refractivity contribution in [3.05, 3.63) is 64.2 Å². The third-order valence-electron chi connectivity index (χ3n) is 2.73. The standard InChI is InChI=1S/C14H13N3O3/c1-10(11-6-8-12(18)9-7-11)15-16-13-4-2-3-5-14(13)17(19)20/h2-9,16,18H,1H3. The zero-order valence-electron chi connectivity index (χ0n) is 10.8. The Morgan fingerprint density at radius 3 is 2.50 bits per heavy atom. The summed E-state index contributed by atoms with van der Waals surface area (Å²) in [6.45, 7) is 1.77. The van der Waals surface area contributed by atoms with Gasteiger partial charge in [0.1, 0.15) is 11.4 Å². The number of phenols is 1. The lowest BCUT2D eigenvalue weighted by molar-refractivity contribution is -0.384. The summed E-state index contributed by atoms with van der Waals surface area (Å²) in [5.74, 6) is 0.174. The molecular formula is C14H13N3O3. The Bertz CT molecular complexity index is 651. The topological polar surface area (TPSA) is 87.8 Å². The van der Waals surface area contributed by atoms with Crippen LogP contribution in [-0.4, -0.2) is 15.7 Å². The van der Waals surface area contributed by atoms with Gasteiger partial charge >= 0.3 is 0 Å². The van der Waals surface area contributed by atoms with Crippen LogP contribution >= 0.6 is 0 Å². The van der Waals surface area contributed by atoms with E-state index in [1.807, 2.05) is 0 Å². The van der Waals surface area contributed by atoms with Crippen LogP contribution in [0.3, 0.4) is 0 Å². The molecule has 6 heteroatoms. The molecular weight excluding hydrogens is 258 g/mol. The fourth-order valence-corrected chi connectivity index (χ4v) is 1.64. The van der Waals surface area contributed by atoms with Gasteiger partial charge in [0.2, 0.25) is 0 Å². The highest BCUT2D eigenvalue weighted by molar-refractivity contribution is 5.99. The Hall–Kier alpha value is -2.89. The largest absolute Gasteiger partial charge is 0.508 e. The first kappa shape index (κ1) is 13.5. The second kappa shape index (κ2) is 5.83. The van der Waals surface area contributed by atoms with E-state index in [0.29, 0.717) is 11.4 Å². The molecule has 0 aliphatic heterocycles. The van der Waals surface area contributed by atoms with Crippen molar-refractivity contribution in [3.8, 4) is 5.75 Å². The number of anilines is 1. The Balaban J connectivity index is 2.21. The van der Waals surface area contributed by atoms with Gasteiger partial charge in [-0.25, -0.2) is 0 Å². The summed E-state index contributed by atoms with van der Waals surface area (Å²) in [6.07, 6.45) is 0. The molecule has 0 heterocycles. The van der Waals surface area contributed by atoms with E-state index in [2.05, 4.69) is 10.5 Å². The summed E-state index contributed by atoms with van der Waals surface area (Å²) in [6, 6.07) is 12.8. The number of para-hydroxylation sites is 2. The van der Waals surface area contributed by atoms with Gasteiger partial charge in [0.15, 0.2) is 0 Å². The van der Waals surface area contributed by atoms with Crippen molar-refractivity contribution in [2.24, 2.45) is 5.10 Å². The van der Waals surface area contributed by atoms with Gasteiger partial charge in [-0.3, -0.25) is 15.5 Å². The van der Waals surface area contributed by atoms with Crippen LogP contribution in [0.25, 0.3) is 0 Å². The van der Waals surface area contributed by atoms with Gasteiger partial charge in [0, 0.05) is 6.07 Å². The summed E-state index contributed by atoms with van der Waals surface area (Å²) >= 11 is 0. The highest BCUT2D eigenvalue weighted by atomic mass is 16.6. The van der Waals surface area contributed by atoms with Crippen molar-refractivity contribution in [1.29, 1.82) is 0 Å². The van der Waals surface area contributed by atoms with Crippen LogP contribution in [0.1, 0.15) is 12.5 Å². The number of hydrogen-bond acceptors (Lipinski definition) is 5.